The fourth-order valence-electron chi connectivity index (χ4n) is 1.40. The number of carbonyl (C=O) groups is 2. The van der Waals surface area contributed by atoms with E-state index in [0.29, 0.717) is 17.8 Å². The van der Waals surface area contributed by atoms with Gasteiger partial charge in [0.25, 0.3) is 5.91 Å². The Morgan fingerprint density at radius 3 is 2.61 bits per heavy atom. The summed E-state index contributed by atoms with van der Waals surface area (Å²) in [6.45, 7) is 2.44. The van der Waals surface area contributed by atoms with E-state index in [1.54, 1.807) is 13.1 Å². The zero-order valence-corrected chi connectivity index (χ0v) is 10.4. The van der Waals surface area contributed by atoms with Crippen LogP contribution >= 0.6 is 0 Å². The van der Waals surface area contributed by atoms with E-state index >= 15 is 0 Å². The van der Waals surface area contributed by atoms with Crippen molar-refractivity contribution in [2.75, 3.05) is 25.5 Å². The average molecular weight is 251 g/mol. The van der Waals surface area contributed by atoms with Gasteiger partial charge in [0.1, 0.15) is 0 Å². The van der Waals surface area contributed by atoms with Gasteiger partial charge in [-0.3, -0.25) is 9.78 Å². The van der Waals surface area contributed by atoms with Crippen LogP contribution in [0.15, 0.2) is 12.3 Å². The second-order valence-corrected chi connectivity index (χ2v) is 3.67. The Labute approximate surface area is 105 Å². The summed E-state index contributed by atoms with van der Waals surface area (Å²) >= 11 is 0. The quantitative estimate of drug-likeness (QED) is 0.545. The predicted molar refractivity (Wildman–Crippen MR) is 68.4 cm³/mol. The number of aromatic nitrogens is 1. The molecule has 0 saturated heterocycles. The molecule has 7 nitrogen and oxygen atoms in total. The highest BCUT2D eigenvalue weighted by molar-refractivity contribution is 5.99. The smallest absolute Gasteiger partial charge is 0.312 e. The van der Waals surface area contributed by atoms with Gasteiger partial charge in [0.05, 0.1) is 11.3 Å². The number of nitrogens with one attached hydrogen (secondary N) is 3. The summed E-state index contributed by atoms with van der Waals surface area (Å²) in [5.41, 5.74) is 6.90. The number of rotatable bonds is 5. The molecule has 1 heterocycles. The number of hydrogen-bond acceptors (Lipinski definition) is 4. The summed E-state index contributed by atoms with van der Waals surface area (Å²) in [6, 6.07) is 1.17. The van der Waals surface area contributed by atoms with Crippen molar-refractivity contribution >= 4 is 17.6 Å². The number of hydrogen-bond donors (Lipinski definition) is 4. The van der Waals surface area contributed by atoms with Gasteiger partial charge in [-0.25, -0.2) is 4.79 Å². The van der Waals surface area contributed by atoms with Crippen molar-refractivity contribution in [3.8, 4) is 0 Å². The minimum absolute atomic E-state index is 0.252. The van der Waals surface area contributed by atoms with Crippen molar-refractivity contribution in [3.05, 3.63) is 23.5 Å². The maximum absolute atomic E-state index is 11.8. The Morgan fingerprint density at radius 2 is 2.00 bits per heavy atom. The number of aryl methyl sites for hydroxylation is 1. The molecule has 0 aliphatic rings. The number of nitrogens with zero attached hydrogens (tertiary/aromatic N) is 1. The molecule has 1 aromatic rings. The SMILES string of the molecule is CNc1cc(C)ncc1C(=O)NCCNC(N)=O. The topological polar surface area (TPSA) is 109 Å². The third kappa shape index (κ3) is 3.93. The number of pyridine rings is 1. The Morgan fingerprint density at radius 1 is 1.33 bits per heavy atom. The second kappa shape index (κ2) is 6.43. The lowest BCUT2D eigenvalue weighted by atomic mass is 10.2. The van der Waals surface area contributed by atoms with E-state index in [4.69, 9.17) is 5.73 Å². The largest absolute Gasteiger partial charge is 0.387 e. The molecule has 0 saturated carbocycles. The molecule has 1 aromatic heterocycles. The maximum atomic E-state index is 11.8. The highest BCUT2D eigenvalue weighted by Gasteiger charge is 2.10. The molecule has 0 aromatic carbocycles. The van der Waals surface area contributed by atoms with E-state index in [9.17, 15) is 9.59 Å². The van der Waals surface area contributed by atoms with Crippen LogP contribution in [0.3, 0.4) is 0 Å². The number of nitrogens with two attached hydrogens (primary N) is 1. The molecule has 0 unspecified atom stereocenters. The van der Waals surface area contributed by atoms with E-state index in [-0.39, 0.29) is 12.5 Å². The van der Waals surface area contributed by atoms with Gasteiger partial charge in [0.15, 0.2) is 0 Å². The van der Waals surface area contributed by atoms with Gasteiger partial charge >= 0.3 is 6.03 Å². The summed E-state index contributed by atoms with van der Waals surface area (Å²) in [5, 5.41) is 7.98. The van der Waals surface area contributed by atoms with Crippen molar-refractivity contribution in [2.24, 2.45) is 5.73 Å². The average Bonchev–Trinajstić information content (AvgIpc) is 2.33. The van der Waals surface area contributed by atoms with Crippen molar-refractivity contribution in [1.82, 2.24) is 15.6 Å². The summed E-state index contributed by atoms with van der Waals surface area (Å²) in [6.07, 6.45) is 1.51. The Kier molecular flexibility index (Phi) is 4.91. The fourth-order valence-corrected chi connectivity index (χ4v) is 1.40. The van der Waals surface area contributed by atoms with Gasteiger partial charge in [0.2, 0.25) is 0 Å². The van der Waals surface area contributed by atoms with Crippen LogP contribution in [0, 0.1) is 6.92 Å². The number of urea groups is 1. The summed E-state index contributed by atoms with van der Waals surface area (Å²) in [4.78, 5) is 26.4. The summed E-state index contributed by atoms with van der Waals surface area (Å²) < 4.78 is 0. The van der Waals surface area contributed by atoms with Crippen molar-refractivity contribution in [1.29, 1.82) is 0 Å². The lowest BCUT2D eigenvalue weighted by Crippen LogP contribution is -2.37. The Bertz CT molecular complexity index is 447. The molecule has 0 aliphatic carbocycles. The lowest BCUT2D eigenvalue weighted by molar-refractivity contribution is 0.0954. The van der Waals surface area contributed by atoms with Crippen LogP contribution < -0.4 is 21.7 Å². The summed E-state index contributed by atoms with van der Waals surface area (Å²) in [5.74, 6) is -0.252. The predicted octanol–water partition coefficient (Wildman–Crippen LogP) is -0.170. The monoisotopic (exact) mass is 251 g/mol. The molecule has 18 heavy (non-hydrogen) atoms. The molecule has 0 bridgehead atoms. The van der Waals surface area contributed by atoms with E-state index in [1.807, 2.05) is 6.92 Å². The van der Waals surface area contributed by atoms with Crippen LogP contribution in [0.25, 0.3) is 0 Å². The summed E-state index contributed by atoms with van der Waals surface area (Å²) in [7, 11) is 1.74. The first-order valence-corrected chi connectivity index (χ1v) is 5.50. The van der Waals surface area contributed by atoms with Crippen molar-refractivity contribution in [2.45, 2.75) is 6.92 Å². The van der Waals surface area contributed by atoms with E-state index in [2.05, 4.69) is 20.9 Å². The van der Waals surface area contributed by atoms with E-state index in [0.717, 1.165) is 5.69 Å². The Hall–Kier alpha value is -2.31. The molecule has 0 spiro atoms. The maximum Gasteiger partial charge on any atom is 0.312 e. The van der Waals surface area contributed by atoms with Crippen molar-refractivity contribution in [3.63, 3.8) is 0 Å². The van der Waals surface area contributed by atoms with E-state index in [1.165, 1.54) is 6.20 Å². The molecule has 5 N–H and O–H groups in total. The third-order valence-corrected chi connectivity index (χ3v) is 2.26. The first-order chi connectivity index (χ1) is 8.54. The molecule has 0 aliphatic heterocycles. The van der Waals surface area contributed by atoms with Crippen LogP contribution in [0.2, 0.25) is 0 Å². The fraction of sp³-hybridized carbons (Fsp3) is 0.364. The zero-order valence-electron chi connectivity index (χ0n) is 10.4. The molecular formula is C11H17N5O2. The molecule has 0 radical (unpaired) electrons. The van der Waals surface area contributed by atoms with Gasteiger partial charge in [-0.1, -0.05) is 0 Å². The molecular weight excluding hydrogens is 234 g/mol. The van der Waals surface area contributed by atoms with Crippen LogP contribution in [0.5, 0.6) is 0 Å². The number of carbonyl (C=O) groups excluding carboxylic acids is 2. The molecule has 1 rings (SSSR count). The van der Waals surface area contributed by atoms with Crippen LogP contribution in [-0.2, 0) is 0 Å². The van der Waals surface area contributed by atoms with Crippen LogP contribution in [0.4, 0.5) is 10.5 Å². The van der Waals surface area contributed by atoms with Gasteiger partial charge in [0, 0.05) is 32.0 Å². The van der Waals surface area contributed by atoms with Crippen molar-refractivity contribution < 1.29 is 9.59 Å². The van der Waals surface area contributed by atoms with Gasteiger partial charge in [-0.15, -0.1) is 0 Å². The van der Waals surface area contributed by atoms with Crippen LogP contribution in [-0.4, -0.2) is 37.1 Å². The minimum Gasteiger partial charge on any atom is -0.387 e. The molecule has 98 valence electrons. The van der Waals surface area contributed by atoms with Gasteiger partial charge < -0.3 is 21.7 Å². The zero-order chi connectivity index (χ0) is 13.5. The lowest BCUT2D eigenvalue weighted by Gasteiger charge is -2.10. The number of primary amides is 1. The molecule has 3 amide bonds. The molecule has 7 heteroatoms. The highest BCUT2D eigenvalue weighted by atomic mass is 16.2. The number of anilines is 1. The number of amides is 3. The van der Waals surface area contributed by atoms with Gasteiger partial charge in [-0.05, 0) is 13.0 Å². The highest BCUT2D eigenvalue weighted by Crippen LogP contribution is 2.14. The first-order valence-electron chi connectivity index (χ1n) is 5.50. The van der Waals surface area contributed by atoms with E-state index < -0.39 is 6.03 Å². The molecule has 0 atom stereocenters. The van der Waals surface area contributed by atoms with Gasteiger partial charge in [-0.2, -0.15) is 0 Å². The Balaban J connectivity index is 2.58. The third-order valence-electron chi connectivity index (χ3n) is 2.26. The first kappa shape index (κ1) is 13.8. The second-order valence-electron chi connectivity index (χ2n) is 3.67. The minimum atomic E-state index is -0.614. The molecule has 0 fully saturated rings. The normalized spacial score (nSPS) is 9.67. The van der Waals surface area contributed by atoms with Crippen LogP contribution in [0.1, 0.15) is 16.1 Å². The standard InChI is InChI=1S/C11H17N5O2/c1-7-5-9(13-2)8(6-16-7)10(17)14-3-4-15-11(12)18/h5-6H,3-4H2,1-2H3,(H,13,16)(H,14,17)(H3,12,15,18).